The smallest absolute Gasteiger partial charge is 0.248 e. The number of fused-ring (bicyclic) bond motifs is 1. The molecule has 3 aromatic rings. The second-order valence-electron chi connectivity index (χ2n) is 6.70. The van der Waals surface area contributed by atoms with Crippen LogP contribution in [0.25, 0.3) is 0 Å². The summed E-state index contributed by atoms with van der Waals surface area (Å²) >= 11 is 5.56. The molecule has 0 bridgehead atoms. The van der Waals surface area contributed by atoms with Gasteiger partial charge in [-0.1, -0.05) is 23.7 Å². The Morgan fingerprint density at radius 1 is 1.28 bits per heavy atom. The zero-order chi connectivity index (χ0) is 21.1. The van der Waals surface area contributed by atoms with Gasteiger partial charge in [-0.3, -0.25) is 14.3 Å². The molecule has 0 saturated heterocycles. The summed E-state index contributed by atoms with van der Waals surface area (Å²) in [5.74, 6) is -0.204. The van der Waals surface area contributed by atoms with E-state index in [4.69, 9.17) is 17.3 Å². The van der Waals surface area contributed by atoms with Gasteiger partial charge in [0, 0.05) is 35.5 Å². The third kappa shape index (κ3) is 4.63. The van der Waals surface area contributed by atoms with Crippen molar-refractivity contribution >= 4 is 29.2 Å². The average Bonchev–Trinajstić information content (AvgIpc) is 2.95. The molecule has 6 nitrogen and oxygen atoms in total. The summed E-state index contributed by atoms with van der Waals surface area (Å²) in [4.78, 5) is 22.3. The minimum Gasteiger partial charge on any atom is -0.366 e. The molecule has 3 N–H and O–H groups in total. The quantitative estimate of drug-likeness (QED) is 0.668. The van der Waals surface area contributed by atoms with Crippen molar-refractivity contribution < 1.29 is 14.0 Å². The van der Waals surface area contributed by atoms with Crippen LogP contribution in [0.2, 0.25) is 5.02 Å². The highest BCUT2D eigenvalue weighted by Crippen LogP contribution is 2.38. The van der Waals surface area contributed by atoms with Gasteiger partial charge in [0.1, 0.15) is 11.6 Å². The van der Waals surface area contributed by atoms with Gasteiger partial charge in [-0.05, 0) is 48.9 Å². The number of nitrogens with zero attached hydrogens (tertiary/aromatic N) is 2. The first kappa shape index (κ1) is 20.5. The highest BCUT2D eigenvalue weighted by atomic mass is 35.5. The minimum atomic E-state index is -0.434. The van der Waals surface area contributed by atoms with Crippen molar-refractivity contribution in [1.82, 2.24) is 9.78 Å². The lowest BCUT2D eigenvalue weighted by atomic mass is 9.86. The lowest BCUT2D eigenvalue weighted by Gasteiger charge is -2.24. The predicted molar refractivity (Wildman–Crippen MR) is 109 cm³/mol. The van der Waals surface area contributed by atoms with Crippen LogP contribution in [-0.2, 0) is 11.8 Å². The first-order valence-electron chi connectivity index (χ1n) is 8.90. The number of hydrogen-bond donors (Lipinski definition) is 2. The number of anilines is 1. The summed E-state index contributed by atoms with van der Waals surface area (Å²) in [6, 6.07) is 12.8. The standard InChI is InChI=1S/C14H14FN3O.C7H6ClNO/c1-8-13-11(9-4-3-5-10(15)6-9)7-12(19)16-14(13)18(2)17-8;8-6-3-1-5(2-4-6)7(9)10/h3-6,11H,7H2,1-2H3,(H,16,19);1-4H,(H2,9,10). The van der Waals surface area contributed by atoms with Crippen LogP contribution in [0.1, 0.15) is 39.5 Å². The molecule has 1 aromatic heterocycles. The van der Waals surface area contributed by atoms with Gasteiger partial charge in [0.25, 0.3) is 0 Å². The molecule has 150 valence electrons. The van der Waals surface area contributed by atoms with Crippen LogP contribution in [-0.4, -0.2) is 21.6 Å². The van der Waals surface area contributed by atoms with Gasteiger partial charge < -0.3 is 11.1 Å². The number of amides is 2. The number of primary amides is 1. The molecular weight excluding hydrogens is 395 g/mol. The number of hydrogen-bond acceptors (Lipinski definition) is 3. The van der Waals surface area contributed by atoms with Crippen LogP contribution in [0.4, 0.5) is 10.2 Å². The molecule has 1 aliphatic rings. The van der Waals surface area contributed by atoms with Gasteiger partial charge >= 0.3 is 0 Å². The number of benzene rings is 2. The molecular formula is C21H20ClFN4O2. The fraction of sp³-hybridized carbons (Fsp3) is 0.190. The molecule has 1 atom stereocenters. The second-order valence-corrected chi connectivity index (χ2v) is 7.14. The number of rotatable bonds is 2. The van der Waals surface area contributed by atoms with Crippen LogP contribution >= 0.6 is 11.6 Å². The van der Waals surface area contributed by atoms with Crippen molar-refractivity contribution in [2.75, 3.05) is 5.32 Å². The highest BCUT2D eigenvalue weighted by molar-refractivity contribution is 6.30. The molecule has 1 unspecified atom stereocenters. The summed E-state index contributed by atoms with van der Waals surface area (Å²) in [5.41, 5.74) is 8.12. The van der Waals surface area contributed by atoms with E-state index in [0.717, 1.165) is 16.8 Å². The van der Waals surface area contributed by atoms with E-state index in [1.54, 1.807) is 42.1 Å². The fourth-order valence-corrected chi connectivity index (χ4v) is 3.46. The third-order valence-corrected chi connectivity index (χ3v) is 4.90. The number of nitrogens with two attached hydrogens (primary N) is 1. The first-order chi connectivity index (χ1) is 13.8. The van der Waals surface area contributed by atoms with Crippen molar-refractivity contribution in [3.63, 3.8) is 0 Å². The maximum Gasteiger partial charge on any atom is 0.248 e. The predicted octanol–water partition coefficient (Wildman–Crippen LogP) is 3.78. The van der Waals surface area contributed by atoms with E-state index in [1.165, 1.54) is 12.1 Å². The van der Waals surface area contributed by atoms with Gasteiger partial charge in [0.05, 0.1) is 5.69 Å². The van der Waals surface area contributed by atoms with Crippen LogP contribution in [0.3, 0.4) is 0 Å². The molecule has 0 fully saturated rings. The topological polar surface area (TPSA) is 90.0 Å². The molecule has 2 aromatic carbocycles. The second kappa shape index (κ2) is 8.45. The van der Waals surface area contributed by atoms with Crippen LogP contribution in [0.15, 0.2) is 48.5 Å². The molecule has 2 amide bonds. The molecule has 2 heterocycles. The van der Waals surface area contributed by atoms with Crippen molar-refractivity contribution in [3.8, 4) is 0 Å². The molecule has 0 radical (unpaired) electrons. The van der Waals surface area contributed by atoms with Gasteiger partial charge in [-0.2, -0.15) is 5.10 Å². The largest absolute Gasteiger partial charge is 0.366 e. The van der Waals surface area contributed by atoms with Gasteiger partial charge in [0.2, 0.25) is 11.8 Å². The summed E-state index contributed by atoms with van der Waals surface area (Å²) in [7, 11) is 1.79. The SMILES string of the molecule is Cc1nn(C)c2c1C(c1cccc(F)c1)CC(=O)N2.NC(=O)c1ccc(Cl)cc1. The molecule has 0 spiro atoms. The van der Waals surface area contributed by atoms with E-state index in [0.29, 0.717) is 22.8 Å². The van der Waals surface area contributed by atoms with Gasteiger partial charge in [-0.25, -0.2) is 4.39 Å². The van der Waals surface area contributed by atoms with Crippen LogP contribution in [0, 0.1) is 12.7 Å². The highest BCUT2D eigenvalue weighted by Gasteiger charge is 2.31. The molecule has 0 saturated carbocycles. The summed E-state index contributed by atoms with van der Waals surface area (Å²) in [6.45, 7) is 1.91. The number of nitrogens with one attached hydrogen (secondary N) is 1. The number of aromatic nitrogens is 2. The van der Waals surface area contributed by atoms with E-state index < -0.39 is 5.91 Å². The Hall–Kier alpha value is -3.19. The first-order valence-corrected chi connectivity index (χ1v) is 9.28. The maximum atomic E-state index is 13.4. The van der Waals surface area contributed by atoms with E-state index in [1.807, 2.05) is 13.0 Å². The van der Waals surface area contributed by atoms with E-state index in [9.17, 15) is 14.0 Å². The Bertz CT molecular complexity index is 1060. The lowest BCUT2D eigenvalue weighted by molar-refractivity contribution is -0.116. The Morgan fingerprint density at radius 3 is 2.59 bits per heavy atom. The molecule has 0 aliphatic carbocycles. The third-order valence-electron chi connectivity index (χ3n) is 4.64. The Morgan fingerprint density at radius 2 is 1.97 bits per heavy atom. The zero-order valence-corrected chi connectivity index (χ0v) is 16.7. The Balaban J connectivity index is 0.000000204. The van der Waals surface area contributed by atoms with Crippen LogP contribution < -0.4 is 11.1 Å². The van der Waals surface area contributed by atoms with E-state index in [-0.39, 0.29) is 17.6 Å². The van der Waals surface area contributed by atoms with Crippen molar-refractivity contribution in [2.24, 2.45) is 12.8 Å². The average molecular weight is 415 g/mol. The lowest BCUT2D eigenvalue weighted by Crippen LogP contribution is -2.24. The van der Waals surface area contributed by atoms with E-state index >= 15 is 0 Å². The van der Waals surface area contributed by atoms with Crippen LogP contribution in [0.5, 0.6) is 0 Å². The molecule has 29 heavy (non-hydrogen) atoms. The minimum absolute atomic E-state index is 0.0650. The van der Waals surface area contributed by atoms with Crippen molar-refractivity contribution in [2.45, 2.75) is 19.3 Å². The van der Waals surface area contributed by atoms with Crippen molar-refractivity contribution in [3.05, 3.63) is 81.8 Å². The van der Waals surface area contributed by atoms with Gasteiger partial charge in [0.15, 0.2) is 0 Å². The van der Waals surface area contributed by atoms with Gasteiger partial charge in [-0.15, -0.1) is 0 Å². The number of aryl methyl sites for hydroxylation is 2. The molecule has 4 rings (SSSR count). The number of carbonyl (C=O) groups excluding carboxylic acids is 2. The molecule has 1 aliphatic heterocycles. The molecule has 8 heteroatoms. The monoisotopic (exact) mass is 414 g/mol. The number of carbonyl (C=O) groups is 2. The maximum absolute atomic E-state index is 13.4. The summed E-state index contributed by atoms with van der Waals surface area (Å²) < 4.78 is 15.0. The van der Waals surface area contributed by atoms with Crippen molar-refractivity contribution in [1.29, 1.82) is 0 Å². The Labute approximate surface area is 172 Å². The fourth-order valence-electron chi connectivity index (χ4n) is 3.33. The Kier molecular flexibility index (Phi) is 5.98. The zero-order valence-electron chi connectivity index (χ0n) is 15.9. The summed E-state index contributed by atoms with van der Waals surface area (Å²) in [5, 5.41) is 7.77. The summed E-state index contributed by atoms with van der Waals surface area (Å²) in [6.07, 6.45) is 0.322. The van der Waals surface area contributed by atoms with E-state index in [2.05, 4.69) is 10.4 Å². The number of halogens is 2. The normalized spacial score (nSPS) is 15.0.